The number of nitrogens with one attached hydrogen (secondary N) is 2. The minimum atomic E-state index is -0.240. The number of benzene rings is 1. The van der Waals surface area contributed by atoms with Gasteiger partial charge in [0.25, 0.3) is 5.91 Å². The molecule has 0 heterocycles. The highest BCUT2D eigenvalue weighted by Gasteiger charge is 2.08. The van der Waals surface area contributed by atoms with Crippen molar-refractivity contribution < 1.29 is 14.3 Å². The van der Waals surface area contributed by atoms with Gasteiger partial charge in [0.15, 0.2) is 6.61 Å². The lowest BCUT2D eigenvalue weighted by Gasteiger charge is -2.13. The third-order valence-corrected chi connectivity index (χ3v) is 2.75. The van der Waals surface area contributed by atoms with Gasteiger partial charge in [0, 0.05) is 18.7 Å². The highest BCUT2D eigenvalue weighted by molar-refractivity contribution is 5.77. The van der Waals surface area contributed by atoms with Gasteiger partial charge in [0.1, 0.15) is 11.5 Å². The maximum Gasteiger partial charge on any atom is 0.257 e. The van der Waals surface area contributed by atoms with Crippen molar-refractivity contribution in [2.24, 2.45) is 0 Å². The zero-order valence-electron chi connectivity index (χ0n) is 12.4. The number of hydrogen-bond acceptors (Lipinski definition) is 5. The molecule has 1 rings (SSSR count). The molecule has 0 aromatic heterocycles. The Kier molecular flexibility index (Phi) is 7.69. The van der Waals surface area contributed by atoms with E-state index in [1.807, 2.05) is 19.1 Å². The second-order valence-electron chi connectivity index (χ2n) is 4.30. The van der Waals surface area contributed by atoms with Crippen molar-refractivity contribution in [3.05, 3.63) is 23.8 Å². The van der Waals surface area contributed by atoms with Crippen LogP contribution in [0.15, 0.2) is 18.2 Å². The standard InChI is InChI=1S/C15H21N3O3/c1-3-17-10-12-9-13(20-2)5-6-14(12)21-11-15(19)18-8-4-7-16/h5-6,9,17H,3-4,8,10-11H2,1-2H3,(H,18,19). The van der Waals surface area contributed by atoms with Crippen molar-refractivity contribution >= 4 is 5.91 Å². The van der Waals surface area contributed by atoms with Crippen LogP contribution >= 0.6 is 0 Å². The number of carbonyl (C=O) groups is 1. The molecular weight excluding hydrogens is 270 g/mol. The smallest absolute Gasteiger partial charge is 0.257 e. The fourth-order valence-corrected chi connectivity index (χ4v) is 1.67. The van der Waals surface area contributed by atoms with E-state index in [1.165, 1.54) is 0 Å². The SMILES string of the molecule is CCNCc1cc(OC)ccc1OCC(=O)NCCC#N. The van der Waals surface area contributed by atoms with Crippen molar-refractivity contribution in [2.75, 3.05) is 26.8 Å². The molecule has 1 aromatic carbocycles. The van der Waals surface area contributed by atoms with Gasteiger partial charge in [-0.25, -0.2) is 0 Å². The minimum absolute atomic E-state index is 0.0725. The van der Waals surface area contributed by atoms with Crippen LogP contribution in [0.4, 0.5) is 0 Å². The second kappa shape index (κ2) is 9.61. The Morgan fingerprint density at radius 1 is 1.43 bits per heavy atom. The van der Waals surface area contributed by atoms with Crippen LogP contribution in [0.5, 0.6) is 11.5 Å². The molecule has 0 aliphatic carbocycles. The molecule has 0 saturated heterocycles. The number of hydrogen-bond donors (Lipinski definition) is 2. The van der Waals surface area contributed by atoms with Gasteiger partial charge in [0.05, 0.1) is 19.6 Å². The zero-order chi connectivity index (χ0) is 15.5. The Morgan fingerprint density at radius 2 is 2.24 bits per heavy atom. The van der Waals surface area contributed by atoms with Gasteiger partial charge in [-0.15, -0.1) is 0 Å². The Labute approximate surface area is 125 Å². The molecule has 6 heteroatoms. The average Bonchev–Trinajstić information content (AvgIpc) is 2.51. The lowest BCUT2D eigenvalue weighted by atomic mass is 10.2. The van der Waals surface area contributed by atoms with E-state index in [9.17, 15) is 4.79 Å². The summed E-state index contributed by atoms with van der Waals surface area (Å²) in [5, 5.41) is 14.2. The molecule has 0 radical (unpaired) electrons. The van der Waals surface area contributed by atoms with Crippen molar-refractivity contribution in [3.8, 4) is 17.6 Å². The molecule has 1 amide bonds. The first kappa shape index (κ1) is 16.8. The quantitative estimate of drug-likeness (QED) is 0.668. The van der Waals surface area contributed by atoms with E-state index in [0.29, 0.717) is 25.3 Å². The summed E-state index contributed by atoms with van der Waals surface area (Å²) in [4.78, 5) is 11.6. The second-order valence-corrected chi connectivity index (χ2v) is 4.30. The predicted octanol–water partition coefficient (Wildman–Crippen LogP) is 1.21. The van der Waals surface area contributed by atoms with Gasteiger partial charge >= 0.3 is 0 Å². The third kappa shape index (κ3) is 6.15. The van der Waals surface area contributed by atoms with Gasteiger partial charge in [-0.3, -0.25) is 4.79 Å². The number of methoxy groups -OCH3 is 1. The first-order valence-corrected chi connectivity index (χ1v) is 6.85. The molecule has 0 unspecified atom stereocenters. The molecule has 0 atom stereocenters. The van der Waals surface area contributed by atoms with Crippen LogP contribution in [0.25, 0.3) is 0 Å². The number of carbonyl (C=O) groups excluding carboxylic acids is 1. The summed E-state index contributed by atoms with van der Waals surface area (Å²) in [6, 6.07) is 7.42. The van der Waals surface area contributed by atoms with E-state index >= 15 is 0 Å². The molecule has 0 aliphatic heterocycles. The van der Waals surface area contributed by atoms with Crippen LogP contribution in [-0.2, 0) is 11.3 Å². The molecule has 0 fully saturated rings. The lowest BCUT2D eigenvalue weighted by molar-refractivity contribution is -0.123. The number of rotatable bonds is 9. The number of ether oxygens (including phenoxy) is 2. The largest absolute Gasteiger partial charge is 0.497 e. The van der Waals surface area contributed by atoms with E-state index in [-0.39, 0.29) is 12.5 Å². The molecular formula is C15H21N3O3. The van der Waals surface area contributed by atoms with Gasteiger partial charge in [-0.05, 0) is 24.7 Å². The maximum atomic E-state index is 11.6. The van der Waals surface area contributed by atoms with Crippen molar-refractivity contribution in [1.29, 1.82) is 5.26 Å². The van der Waals surface area contributed by atoms with E-state index in [4.69, 9.17) is 14.7 Å². The topological polar surface area (TPSA) is 83.4 Å². The van der Waals surface area contributed by atoms with Crippen molar-refractivity contribution in [1.82, 2.24) is 10.6 Å². The number of nitrogens with zero attached hydrogens (tertiary/aromatic N) is 1. The van der Waals surface area contributed by atoms with Gasteiger partial charge in [-0.1, -0.05) is 6.92 Å². The first-order chi connectivity index (χ1) is 10.2. The molecule has 6 nitrogen and oxygen atoms in total. The van der Waals surface area contributed by atoms with E-state index in [2.05, 4.69) is 10.6 Å². The Bertz CT molecular complexity index is 497. The fraction of sp³-hybridized carbons (Fsp3) is 0.467. The summed E-state index contributed by atoms with van der Waals surface area (Å²) in [7, 11) is 1.61. The monoisotopic (exact) mass is 291 g/mol. The van der Waals surface area contributed by atoms with Crippen molar-refractivity contribution in [3.63, 3.8) is 0 Å². The van der Waals surface area contributed by atoms with Crippen LogP contribution < -0.4 is 20.1 Å². The first-order valence-electron chi connectivity index (χ1n) is 6.85. The molecule has 2 N–H and O–H groups in total. The van der Waals surface area contributed by atoms with Crippen LogP contribution in [0.3, 0.4) is 0 Å². The number of nitriles is 1. The summed E-state index contributed by atoms with van der Waals surface area (Å²) in [6.45, 7) is 3.76. The fourth-order valence-electron chi connectivity index (χ4n) is 1.67. The van der Waals surface area contributed by atoms with Crippen LogP contribution in [-0.4, -0.2) is 32.7 Å². The Morgan fingerprint density at radius 3 is 2.90 bits per heavy atom. The maximum absolute atomic E-state index is 11.6. The molecule has 114 valence electrons. The zero-order valence-corrected chi connectivity index (χ0v) is 12.4. The van der Waals surface area contributed by atoms with Crippen LogP contribution in [0, 0.1) is 11.3 Å². The summed E-state index contributed by atoms with van der Waals surface area (Å²) >= 11 is 0. The third-order valence-electron chi connectivity index (χ3n) is 2.75. The predicted molar refractivity (Wildman–Crippen MR) is 79.1 cm³/mol. The Balaban J connectivity index is 2.60. The summed E-state index contributed by atoms with van der Waals surface area (Å²) < 4.78 is 10.7. The van der Waals surface area contributed by atoms with Crippen LogP contribution in [0.1, 0.15) is 18.9 Å². The van der Waals surface area contributed by atoms with Gasteiger partial charge < -0.3 is 20.1 Å². The molecule has 0 bridgehead atoms. The van der Waals surface area contributed by atoms with Gasteiger partial charge in [0.2, 0.25) is 0 Å². The average molecular weight is 291 g/mol. The molecule has 21 heavy (non-hydrogen) atoms. The molecule has 0 aliphatic rings. The van der Waals surface area contributed by atoms with Crippen LogP contribution in [0.2, 0.25) is 0 Å². The normalized spacial score (nSPS) is 9.76. The molecule has 0 saturated carbocycles. The highest BCUT2D eigenvalue weighted by Crippen LogP contribution is 2.24. The van der Waals surface area contributed by atoms with Gasteiger partial charge in [-0.2, -0.15) is 5.26 Å². The van der Waals surface area contributed by atoms with E-state index in [1.54, 1.807) is 19.2 Å². The van der Waals surface area contributed by atoms with E-state index < -0.39 is 0 Å². The molecule has 1 aromatic rings. The lowest BCUT2D eigenvalue weighted by Crippen LogP contribution is -2.29. The highest BCUT2D eigenvalue weighted by atomic mass is 16.5. The van der Waals surface area contributed by atoms with Crippen molar-refractivity contribution in [2.45, 2.75) is 19.9 Å². The summed E-state index contributed by atoms with van der Waals surface area (Å²) in [5.41, 5.74) is 0.932. The minimum Gasteiger partial charge on any atom is -0.497 e. The number of amides is 1. The Hall–Kier alpha value is -2.26. The summed E-state index contributed by atoms with van der Waals surface area (Å²) in [6.07, 6.45) is 0.292. The molecule has 0 spiro atoms. The van der Waals surface area contributed by atoms with E-state index in [0.717, 1.165) is 17.9 Å². The summed E-state index contributed by atoms with van der Waals surface area (Å²) in [5.74, 6) is 1.15.